The maximum atomic E-state index is 12.2. The predicted octanol–water partition coefficient (Wildman–Crippen LogP) is 1.49. The van der Waals surface area contributed by atoms with Gasteiger partial charge in [0, 0.05) is 19.0 Å². The van der Waals surface area contributed by atoms with Crippen LogP contribution in [0.25, 0.3) is 0 Å². The molecular weight excluding hydrogens is 314 g/mol. The molecule has 2 aromatic heterocycles. The largest absolute Gasteiger partial charge is 0.424 e. The van der Waals surface area contributed by atoms with Crippen molar-refractivity contribution in [1.82, 2.24) is 19.3 Å². The van der Waals surface area contributed by atoms with Crippen molar-refractivity contribution in [2.24, 2.45) is 5.73 Å². The highest BCUT2D eigenvalue weighted by Gasteiger charge is 2.29. The lowest BCUT2D eigenvalue weighted by molar-refractivity contribution is -0.0412. The summed E-state index contributed by atoms with van der Waals surface area (Å²) in [6, 6.07) is 0. The number of hydrogen-bond donors (Lipinski definition) is 1. The molecule has 2 N–H and O–H groups in total. The van der Waals surface area contributed by atoms with Crippen LogP contribution in [0.15, 0.2) is 18.7 Å². The van der Waals surface area contributed by atoms with Crippen LogP contribution in [0, 0.1) is 0 Å². The Balaban J connectivity index is 1.97. The van der Waals surface area contributed by atoms with E-state index in [1.807, 2.05) is 6.92 Å². The van der Waals surface area contributed by atoms with Gasteiger partial charge in [0.2, 0.25) is 0 Å². The lowest BCUT2D eigenvalue weighted by Gasteiger charge is -2.24. The van der Waals surface area contributed by atoms with Crippen molar-refractivity contribution >= 4 is 12.0 Å². The highest BCUT2D eigenvalue weighted by atomic mass is 16.6. The zero-order valence-electron chi connectivity index (χ0n) is 13.3. The molecule has 0 saturated carbocycles. The smallest absolute Gasteiger partial charge is 0.405 e. The third kappa shape index (κ3) is 3.02. The lowest BCUT2D eigenvalue weighted by Crippen LogP contribution is -2.21. The number of hydrogen-bond acceptors (Lipinski definition) is 6. The van der Waals surface area contributed by atoms with Gasteiger partial charge in [0.05, 0.1) is 5.69 Å². The van der Waals surface area contributed by atoms with E-state index in [-0.39, 0.29) is 17.7 Å². The minimum absolute atomic E-state index is 0.0745. The van der Waals surface area contributed by atoms with Crippen LogP contribution in [0.2, 0.25) is 0 Å². The van der Waals surface area contributed by atoms with Crippen LogP contribution in [0.4, 0.5) is 4.79 Å². The van der Waals surface area contributed by atoms with Crippen molar-refractivity contribution in [2.75, 3.05) is 6.61 Å². The van der Waals surface area contributed by atoms with E-state index in [0.717, 1.165) is 19.3 Å². The molecule has 0 spiro atoms. The summed E-state index contributed by atoms with van der Waals surface area (Å²) >= 11 is 0. The number of nitrogens with two attached hydrogens (primary N) is 1. The fraction of sp³-hybridized carbons (Fsp3) is 0.467. The second kappa shape index (κ2) is 6.83. The third-order valence-electron chi connectivity index (χ3n) is 3.86. The van der Waals surface area contributed by atoms with Gasteiger partial charge < -0.3 is 15.2 Å². The molecule has 1 atom stereocenters. The first kappa shape index (κ1) is 16.2. The molecule has 2 aromatic rings. The van der Waals surface area contributed by atoms with Gasteiger partial charge in [-0.15, -0.1) is 0 Å². The number of carbonyl (C=O) groups is 2. The van der Waals surface area contributed by atoms with Crippen LogP contribution in [-0.2, 0) is 11.2 Å². The number of amides is 1. The van der Waals surface area contributed by atoms with Gasteiger partial charge in [-0.25, -0.2) is 19.0 Å². The normalized spacial score (nSPS) is 17.6. The van der Waals surface area contributed by atoms with E-state index in [1.54, 1.807) is 4.68 Å². The number of primary amides is 1. The van der Waals surface area contributed by atoms with E-state index in [2.05, 4.69) is 10.1 Å². The van der Waals surface area contributed by atoms with Crippen LogP contribution in [0.3, 0.4) is 0 Å². The predicted molar refractivity (Wildman–Crippen MR) is 82.6 cm³/mol. The average Bonchev–Trinajstić information content (AvgIpc) is 3.23. The second-order valence-electron chi connectivity index (χ2n) is 5.45. The summed E-state index contributed by atoms with van der Waals surface area (Å²) < 4.78 is 13.9. The summed E-state index contributed by atoms with van der Waals surface area (Å²) in [5.74, 6) is -0.675. The van der Waals surface area contributed by atoms with Crippen molar-refractivity contribution < 1.29 is 19.1 Å². The van der Waals surface area contributed by atoms with Crippen LogP contribution < -0.4 is 10.5 Å². The Kier molecular flexibility index (Phi) is 4.61. The Morgan fingerprint density at radius 1 is 1.46 bits per heavy atom. The topological polar surface area (TPSA) is 114 Å². The van der Waals surface area contributed by atoms with Crippen LogP contribution in [0.5, 0.6) is 5.75 Å². The number of nitrogens with zero attached hydrogens (tertiary/aromatic N) is 4. The highest BCUT2D eigenvalue weighted by molar-refractivity contribution is 5.95. The van der Waals surface area contributed by atoms with Crippen molar-refractivity contribution in [3.8, 4) is 5.75 Å². The van der Waals surface area contributed by atoms with E-state index in [0.29, 0.717) is 18.7 Å². The summed E-state index contributed by atoms with van der Waals surface area (Å²) in [5, 5.41) is 4.25. The molecule has 0 aliphatic carbocycles. The molecular formula is C15H19N5O4. The summed E-state index contributed by atoms with van der Waals surface area (Å²) in [7, 11) is 0. The summed E-state index contributed by atoms with van der Waals surface area (Å²) in [6.45, 7) is 2.51. The van der Waals surface area contributed by atoms with Crippen LogP contribution in [0.1, 0.15) is 48.6 Å². The maximum Gasteiger partial charge on any atom is 0.424 e. The van der Waals surface area contributed by atoms with Gasteiger partial charge in [0.25, 0.3) is 5.91 Å². The minimum Gasteiger partial charge on any atom is -0.405 e. The number of imidazole rings is 1. The standard InChI is InChI=1S/C15H19N5O4/c1-2-10-13(24-15(22)19-7-6-17-9-19)12(14(16)21)18-20(10)11-5-3-4-8-23-11/h6-7,9,11H,2-5,8H2,1H3,(H2,16,21). The molecule has 1 amide bonds. The first-order chi connectivity index (χ1) is 11.6. The Bertz CT molecular complexity index is 731. The molecule has 0 radical (unpaired) electrons. The molecule has 1 aliphatic heterocycles. The van der Waals surface area contributed by atoms with Gasteiger partial charge in [-0.05, 0) is 25.7 Å². The van der Waals surface area contributed by atoms with Gasteiger partial charge >= 0.3 is 6.09 Å². The summed E-state index contributed by atoms with van der Waals surface area (Å²) in [5.41, 5.74) is 5.94. The summed E-state index contributed by atoms with van der Waals surface area (Å²) in [6.07, 6.45) is 6.53. The molecule has 1 unspecified atom stereocenters. The second-order valence-corrected chi connectivity index (χ2v) is 5.45. The van der Waals surface area contributed by atoms with Gasteiger partial charge in [0.1, 0.15) is 6.33 Å². The maximum absolute atomic E-state index is 12.2. The quantitative estimate of drug-likeness (QED) is 0.906. The van der Waals surface area contributed by atoms with E-state index in [1.165, 1.54) is 23.3 Å². The Morgan fingerprint density at radius 3 is 2.88 bits per heavy atom. The molecule has 0 bridgehead atoms. The van der Waals surface area contributed by atoms with Crippen molar-refractivity contribution in [2.45, 2.75) is 38.8 Å². The van der Waals surface area contributed by atoms with E-state index >= 15 is 0 Å². The first-order valence-corrected chi connectivity index (χ1v) is 7.84. The third-order valence-corrected chi connectivity index (χ3v) is 3.86. The zero-order chi connectivity index (χ0) is 17.1. The molecule has 3 rings (SSSR count). The number of aromatic nitrogens is 4. The van der Waals surface area contributed by atoms with Gasteiger partial charge in [-0.2, -0.15) is 5.10 Å². The monoisotopic (exact) mass is 333 g/mol. The Hall–Kier alpha value is -2.68. The van der Waals surface area contributed by atoms with Gasteiger partial charge in [-0.3, -0.25) is 4.79 Å². The molecule has 3 heterocycles. The lowest BCUT2D eigenvalue weighted by atomic mass is 10.2. The number of rotatable bonds is 4. The zero-order valence-corrected chi connectivity index (χ0v) is 13.3. The highest BCUT2D eigenvalue weighted by Crippen LogP contribution is 2.31. The van der Waals surface area contributed by atoms with Gasteiger partial charge in [-0.1, -0.05) is 6.92 Å². The number of carbonyl (C=O) groups excluding carboxylic acids is 2. The Morgan fingerprint density at radius 2 is 2.29 bits per heavy atom. The van der Waals surface area contributed by atoms with Crippen molar-refractivity contribution in [3.05, 3.63) is 30.1 Å². The van der Waals surface area contributed by atoms with E-state index in [4.69, 9.17) is 15.2 Å². The van der Waals surface area contributed by atoms with Crippen LogP contribution >= 0.6 is 0 Å². The molecule has 1 aliphatic rings. The molecule has 9 heteroatoms. The molecule has 128 valence electrons. The van der Waals surface area contributed by atoms with Crippen LogP contribution in [-0.4, -0.2) is 37.9 Å². The Labute approximate surface area is 138 Å². The molecule has 24 heavy (non-hydrogen) atoms. The fourth-order valence-electron chi connectivity index (χ4n) is 2.71. The van der Waals surface area contributed by atoms with Gasteiger partial charge in [0.15, 0.2) is 17.7 Å². The summed E-state index contributed by atoms with van der Waals surface area (Å²) in [4.78, 5) is 27.7. The molecule has 9 nitrogen and oxygen atoms in total. The molecule has 0 aromatic carbocycles. The SMILES string of the molecule is CCc1c(OC(=O)n2ccnc2)c(C(N)=O)nn1C1CCCCO1. The number of ether oxygens (including phenoxy) is 2. The molecule has 1 fully saturated rings. The van der Waals surface area contributed by atoms with Crippen molar-refractivity contribution in [3.63, 3.8) is 0 Å². The fourth-order valence-corrected chi connectivity index (χ4v) is 2.71. The van der Waals surface area contributed by atoms with E-state index < -0.39 is 12.0 Å². The minimum atomic E-state index is -0.757. The van der Waals surface area contributed by atoms with E-state index in [9.17, 15) is 9.59 Å². The molecule has 1 saturated heterocycles. The van der Waals surface area contributed by atoms with Crippen molar-refractivity contribution in [1.29, 1.82) is 0 Å². The average molecular weight is 333 g/mol. The first-order valence-electron chi connectivity index (χ1n) is 7.84.